The highest BCUT2D eigenvalue weighted by molar-refractivity contribution is 6.31. The molecule has 0 aliphatic carbocycles. The van der Waals surface area contributed by atoms with Crippen molar-refractivity contribution in [1.29, 1.82) is 0 Å². The van der Waals surface area contributed by atoms with E-state index in [4.69, 9.17) is 16.3 Å². The summed E-state index contributed by atoms with van der Waals surface area (Å²) < 4.78 is 7.69. The first kappa shape index (κ1) is 21.4. The number of halogens is 1. The maximum Gasteiger partial charge on any atom is 0.337 e. The molecule has 4 aromatic rings. The molecule has 2 N–H and O–H groups in total. The van der Waals surface area contributed by atoms with E-state index in [0.717, 1.165) is 49.4 Å². The van der Waals surface area contributed by atoms with E-state index in [2.05, 4.69) is 57.4 Å². The standard InChI is InChI=1S/C26H24ClN3O3/c27-20-4-6-24(23(16-20)26(31)32)28-21-5-7-25-19(15-21)8-9-30(25)17-18-2-1-3-22(14-18)29-10-12-33-13-11-29/h1-9,14-16,28H,10-13,17H2,(H,31,32). The number of ether oxygens (including phenoxy) is 1. The van der Waals surface area contributed by atoms with Gasteiger partial charge in [-0.25, -0.2) is 4.79 Å². The number of aromatic carboxylic acids is 1. The van der Waals surface area contributed by atoms with E-state index in [0.29, 0.717) is 10.7 Å². The Morgan fingerprint density at radius 2 is 1.88 bits per heavy atom. The second kappa shape index (κ2) is 9.17. The summed E-state index contributed by atoms with van der Waals surface area (Å²) in [5.41, 5.74) is 5.05. The monoisotopic (exact) mass is 461 g/mol. The van der Waals surface area contributed by atoms with E-state index in [-0.39, 0.29) is 5.56 Å². The lowest BCUT2D eigenvalue weighted by Gasteiger charge is -2.29. The summed E-state index contributed by atoms with van der Waals surface area (Å²) in [5.74, 6) is -1.02. The number of nitrogens with zero attached hydrogens (tertiary/aromatic N) is 2. The van der Waals surface area contributed by atoms with Crippen molar-refractivity contribution in [3.8, 4) is 0 Å². The third-order valence-corrected chi connectivity index (χ3v) is 6.14. The maximum absolute atomic E-state index is 11.6. The molecule has 2 heterocycles. The van der Waals surface area contributed by atoms with Crippen LogP contribution in [0.5, 0.6) is 0 Å². The largest absolute Gasteiger partial charge is 0.478 e. The normalized spacial score (nSPS) is 13.9. The fourth-order valence-corrected chi connectivity index (χ4v) is 4.42. The van der Waals surface area contributed by atoms with Crippen LogP contribution in [0.2, 0.25) is 5.02 Å². The van der Waals surface area contributed by atoms with Crippen molar-refractivity contribution in [1.82, 2.24) is 4.57 Å². The van der Waals surface area contributed by atoms with Gasteiger partial charge in [0, 0.05) is 53.1 Å². The summed E-state index contributed by atoms with van der Waals surface area (Å²) in [6.45, 7) is 4.15. The highest BCUT2D eigenvalue weighted by Crippen LogP contribution is 2.28. The molecule has 0 unspecified atom stereocenters. The quantitative estimate of drug-likeness (QED) is 0.390. The van der Waals surface area contributed by atoms with E-state index in [9.17, 15) is 9.90 Å². The molecule has 0 amide bonds. The van der Waals surface area contributed by atoms with Gasteiger partial charge in [0.1, 0.15) is 0 Å². The Labute approximate surface area is 197 Å². The number of benzene rings is 3. The van der Waals surface area contributed by atoms with E-state index in [1.54, 1.807) is 12.1 Å². The minimum Gasteiger partial charge on any atom is -0.478 e. The molecule has 3 aromatic carbocycles. The number of nitrogens with one attached hydrogen (secondary N) is 1. The maximum atomic E-state index is 11.6. The number of carboxylic acids is 1. The Bertz CT molecular complexity index is 1310. The van der Waals surface area contributed by atoms with Crippen LogP contribution in [0.4, 0.5) is 17.1 Å². The van der Waals surface area contributed by atoms with Crippen molar-refractivity contribution < 1.29 is 14.6 Å². The highest BCUT2D eigenvalue weighted by Gasteiger charge is 2.13. The van der Waals surface area contributed by atoms with Crippen LogP contribution in [0.3, 0.4) is 0 Å². The van der Waals surface area contributed by atoms with Gasteiger partial charge in [0.15, 0.2) is 0 Å². The van der Waals surface area contributed by atoms with Crippen molar-refractivity contribution in [3.05, 3.63) is 89.1 Å². The first-order chi connectivity index (χ1) is 16.1. The van der Waals surface area contributed by atoms with Crippen molar-refractivity contribution in [2.45, 2.75) is 6.54 Å². The number of anilines is 3. The number of rotatable bonds is 6. The van der Waals surface area contributed by atoms with Crippen molar-refractivity contribution >= 4 is 45.5 Å². The number of hydrogen-bond acceptors (Lipinski definition) is 4. The zero-order chi connectivity index (χ0) is 22.8. The first-order valence-electron chi connectivity index (χ1n) is 10.9. The highest BCUT2D eigenvalue weighted by atomic mass is 35.5. The lowest BCUT2D eigenvalue weighted by Crippen LogP contribution is -2.36. The average molecular weight is 462 g/mol. The molecule has 168 valence electrons. The first-order valence-corrected chi connectivity index (χ1v) is 11.2. The van der Waals surface area contributed by atoms with Crippen LogP contribution in [0.1, 0.15) is 15.9 Å². The van der Waals surface area contributed by atoms with Crippen LogP contribution in [0, 0.1) is 0 Å². The predicted molar refractivity (Wildman–Crippen MR) is 132 cm³/mol. The van der Waals surface area contributed by atoms with Gasteiger partial charge in [0.2, 0.25) is 0 Å². The molecule has 6 nitrogen and oxygen atoms in total. The Kier molecular flexibility index (Phi) is 5.94. The molecule has 0 radical (unpaired) electrons. The summed E-state index contributed by atoms with van der Waals surface area (Å²) in [6.07, 6.45) is 2.08. The average Bonchev–Trinajstić information content (AvgIpc) is 3.22. The van der Waals surface area contributed by atoms with Crippen molar-refractivity contribution in [2.75, 3.05) is 36.5 Å². The Hall–Kier alpha value is -3.48. The molecule has 0 bridgehead atoms. The lowest BCUT2D eigenvalue weighted by atomic mass is 10.1. The van der Waals surface area contributed by atoms with Gasteiger partial charge >= 0.3 is 5.97 Å². The predicted octanol–water partition coefficient (Wildman–Crippen LogP) is 5.62. The van der Waals surface area contributed by atoms with Crippen LogP contribution in [-0.2, 0) is 11.3 Å². The van der Waals surface area contributed by atoms with Crippen LogP contribution < -0.4 is 10.2 Å². The lowest BCUT2D eigenvalue weighted by molar-refractivity contribution is 0.0698. The number of carbonyl (C=O) groups is 1. The minimum atomic E-state index is -1.02. The molecule has 0 atom stereocenters. The molecule has 33 heavy (non-hydrogen) atoms. The number of morpholine rings is 1. The van der Waals surface area contributed by atoms with Crippen LogP contribution in [0.25, 0.3) is 10.9 Å². The minimum absolute atomic E-state index is 0.139. The van der Waals surface area contributed by atoms with Gasteiger partial charge < -0.3 is 24.6 Å². The second-order valence-corrected chi connectivity index (χ2v) is 8.54. The summed E-state index contributed by atoms with van der Waals surface area (Å²) in [7, 11) is 0. The van der Waals surface area contributed by atoms with Crippen LogP contribution in [-0.4, -0.2) is 41.9 Å². The molecule has 1 saturated heterocycles. The molecule has 1 aliphatic heterocycles. The smallest absolute Gasteiger partial charge is 0.337 e. The van der Waals surface area contributed by atoms with Gasteiger partial charge in [-0.1, -0.05) is 23.7 Å². The van der Waals surface area contributed by atoms with Gasteiger partial charge in [0.25, 0.3) is 0 Å². The van der Waals surface area contributed by atoms with Crippen molar-refractivity contribution in [3.63, 3.8) is 0 Å². The van der Waals surface area contributed by atoms with E-state index in [1.807, 2.05) is 12.1 Å². The molecule has 0 spiro atoms. The molecule has 7 heteroatoms. The van der Waals surface area contributed by atoms with Gasteiger partial charge in [0.05, 0.1) is 24.5 Å². The van der Waals surface area contributed by atoms with E-state index >= 15 is 0 Å². The Balaban J connectivity index is 1.37. The number of hydrogen-bond donors (Lipinski definition) is 2. The Morgan fingerprint density at radius 3 is 2.70 bits per heavy atom. The SMILES string of the molecule is O=C(O)c1cc(Cl)ccc1Nc1ccc2c(ccn2Cc2cccc(N3CCOCC3)c2)c1. The third kappa shape index (κ3) is 4.67. The van der Waals surface area contributed by atoms with Crippen molar-refractivity contribution in [2.24, 2.45) is 0 Å². The number of carboxylic acid groups (broad SMARTS) is 1. The molecule has 1 aliphatic rings. The fourth-order valence-electron chi connectivity index (χ4n) is 4.24. The van der Waals surface area contributed by atoms with E-state index in [1.165, 1.54) is 17.3 Å². The molecule has 5 rings (SSSR count). The zero-order valence-electron chi connectivity index (χ0n) is 18.0. The van der Waals surface area contributed by atoms with Crippen LogP contribution >= 0.6 is 11.6 Å². The van der Waals surface area contributed by atoms with Crippen LogP contribution in [0.15, 0.2) is 72.9 Å². The second-order valence-electron chi connectivity index (χ2n) is 8.11. The fraction of sp³-hybridized carbons (Fsp3) is 0.192. The van der Waals surface area contributed by atoms with Gasteiger partial charge in [-0.05, 0) is 60.2 Å². The number of aromatic nitrogens is 1. The summed E-state index contributed by atoms with van der Waals surface area (Å²) in [6, 6.07) is 21.6. The summed E-state index contributed by atoms with van der Waals surface area (Å²) in [4.78, 5) is 13.9. The topological polar surface area (TPSA) is 66.7 Å². The molecule has 1 fully saturated rings. The van der Waals surface area contributed by atoms with Gasteiger partial charge in [-0.2, -0.15) is 0 Å². The molecular weight excluding hydrogens is 438 g/mol. The third-order valence-electron chi connectivity index (χ3n) is 5.90. The zero-order valence-corrected chi connectivity index (χ0v) is 18.8. The summed E-state index contributed by atoms with van der Waals surface area (Å²) in [5, 5.41) is 14.2. The Morgan fingerprint density at radius 1 is 1.03 bits per heavy atom. The van der Waals surface area contributed by atoms with Gasteiger partial charge in [-0.15, -0.1) is 0 Å². The molecule has 0 saturated carbocycles. The van der Waals surface area contributed by atoms with E-state index < -0.39 is 5.97 Å². The molecule has 1 aromatic heterocycles. The molecular formula is C26H24ClN3O3. The van der Waals surface area contributed by atoms with Gasteiger partial charge in [-0.3, -0.25) is 0 Å². The summed E-state index contributed by atoms with van der Waals surface area (Å²) >= 11 is 5.96. The number of fused-ring (bicyclic) bond motifs is 1.